The van der Waals surface area contributed by atoms with Gasteiger partial charge in [0.15, 0.2) is 0 Å². The summed E-state index contributed by atoms with van der Waals surface area (Å²) in [4.78, 5) is 9.15. The first-order valence-corrected chi connectivity index (χ1v) is 8.59. The molecule has 0 heterocycles. The van der Waals surface area contributed by atoms with Crippen molar-refractivity contribution in [3.05, 3.63) is 0 Å². The first-order valence-electron chi connectivity index (χ1n) is 8.59. The lowest BCUT2D eigenvalue weighted by Crippen LogP contribution is -2.39. The normalized spacial score (nSPS) is 14.2. The smallest absolute Gasteiger partial charge is 0.0938 e. The van der Waals surface area contributed by atoms with E-state index >= 15 is 0 Å². The Kier molecular flexibility index (Phi) is 9.38. The van der Waals surface area contributed by atoms with Gasteiger partial charge in [-0.05, 0) is 68.2 Å². The molecule has 2 N–H and O–H groups in total. The predicted molar refractivity (Wildman–Crippen MR) is 100 cm³/mol. The lowest BCUT2D eigenvalue weighted by atomic mass is 10.1. The molecule has 0 saturated heterocycles. The molecule has 130 valence electrons. The van der Waals surface area contributed by atoms with Gasteiger partial charge in [-0.25, -0.2) is 0 Å². The second kappa shape index (κ2) is 9.86. The molecule has 0 saturated carbocycles. The van der Waals surface area contributed by atoms with Gasteiger partial charge in [0.1, 0.15) is 0 Å². The third-order valence-electron chi connectivity index (χ3n) is 2.87. The van der Waals surface area contributed by atoms with E-state index in [4.69, 9.17) is 0 Å². The Bertz CT molecular complexity index is 356. The Morgan fingerprint density at radius 1 is 0.818 bits per heavy atom. The first kappa shape index (κ1) is 20.9. The zero-order chi connectivity index (χ0) is 17.2. The van der Waals surface area contributed by atoms with Gasteiger partial charge in [-0.3, -0.25) is 9.98 Å². The number of amidine groups is 2. The average molecular weight is 311 g/mol. The molecule has 0 aromatic heterocycles. The minimum atomic E-state index is 0.00797. The van der Waals surface area contributed by atoms with Crippen molar-refractivity contribution in [3.63, 3.8) is 0 Å². The molecule has 0 amide bonds. The summed E-state index contributed by atoms with van der Waals surface area (Å²) in [5, 5.41) is 6.77. The summed E-state index contributed by atoms with van der Waals surface area (Å²) in [6.07, 6.45) is 4.85. The number of nitrogens with one attached hydrogen (secondary N) is 2. The molecule has 0 rings (SSSR count). The largest absolute Gasteiger partial charge is 0.374 e. The Morgan fingerprint density at radius 3 is 1.95 bits per heavy atom. The van der Waals surface area contributed by atoms with Crippen LogP contribution in [0.3, 0.4) is 0 Å². The number of nitrogens with zero attached hydrogens (tertiary/aromatic N) is 2. The monoisotopic (exact) mass is 310 g/mol. The molecule has 0 unspecified atom stereocenters. The molecule has 0 aliphatic rings. The Balaban J connectivity index is 3.63. The van der Waals surface area contributed by atoms with Crippen molar-refractivity contribution < 1.29 is 0 Å². The molecule has 0 radical (unpaired) electrons. The van der Waals surface area contributed by atoms with Gasteiger partial charge in [0.25, 0.3) is 0 Å². The van der Waals surface area contributed by atoms with E-state index in [1.807, 2.05) is 13.8 Å². The highest BCUT2D eigenvalue weighted by Crippen LogP contribution is 2.06. The van der Waals surface area contributed by atoms with E-state index in [2.05, 4.69) is 62.2 Å². The van der Waals surface area contributed by atoms with Gasteiger partial charge >= 0.3 is 0 Å². The molecule has 0 aliphatic heterocycles. The SMILES string of the molecule is CC(=NC(C)(C)C)NCCCCCCN=C(C)NC(C)(C)C. The van der Waals surface area contributed by atoms with Gasteiger partial charge in [-0.15, -0.1) is 0 Å². The third-order valence-corrected chi connectivity index (χ3v) is 2.87. The van der Waals surface area contributed by atoms with Crippen molar-refractivity contribution >= 4 is 11.7 Å². The van der Waals surface area contributed by atoms with Crippen LogP contribution < -0.4 is 10.6 Å². The average Bonchev–Trinajstić information content (AvgIpc) is 2.27. The molecule has 4 nitrogen and oxygen atoms in total. The van der Waals surface area contributed by atoms with Gasteiger partial charge < -0.3 is 10.6 Å². The molecule has 0 aliphatic carbocycles. The molecular weight excluding hydrogens is 272 g/mol. The Labute approximate surface area is 138 Å². The van der Waals surface area contributed by atoms with Gasteiger partial charge in [0, 0.05) is 18.6 Å². The number of rotatable bonds is 7. The maximum absolute atomic E-state index is 4.59. The van der Waals surface area contributed by atoms with Crippen molar-refractivity contribution in [2.24, 2.45) is 9.98 Å². The highest BCUT2D eigenvalue weighted by molar-refractivity contribution is 5.80. The fourth-order valence-corrected chi connectivity index (χ4v) is 2.23. The van der Waals surface area contributed by atoms with Gasteiger partial charge in [-0.1, -0.05) is 12.8 Å². The van der Waals surface area contributed by atoms with Crippen LogP contribution in [0.4, 0.5) is 0 Å². The summed E-state index contributed by atoms with van der Waals surface area (Å²) < 4.78 is 0. The van der Waals surface area contributed by atoms with Crippen LogP contribution >= 0.6 is 0 Å². The molecule has 22 heavy (non-hydrogen) atoms. The van der Waals surface area contributed by atoms with E-state index in [9.17, 15) is 0 Å². The van der Waals surface area contributed by atoms with E-state index in [0.29, 0.717) is 0 Å². The second-order valence-electron chi connectivity index (χ2n) is 8.05. The van der Waals surface area contributed by atoms with E-state index in [-0.39, 0.29) is 11.1 Å². The summed E-state index contributed by atoms with van der Waals surface area (Å²) in [5.74, 6) is 2.09. The number of aliphatic imine (C=N–C) groups is 2. The van der Waals surface area contributed by atoms with Crippen LogP contribution in [0.1, 0.15) is 81.1 Å². The van der Waals surface area contributed by atoms with E-state index in [1.165, 1.54) is 19.3 Å². The van der Waals surface area contributed by atoms with Crippen molar-refractivity contribution in [1.82, 2.24) is 10.6 Å². The molecule has 0 atom stereocenters. The fourth-order valence-electron chi connectivity index (χ4n) is 2.23. The molecule has 4 heteroatoms. The first-order chi connectivity index (χ1) is 9.99. The molecule has 0 aromatic carbocycles. The lowest BCUT2D eigenvalue weighted by Gasteiger charge is -2.21. The van der Waals surface area contributed by atoms with Crippen LogP contribution in [0, 0.1) is 0 Å². The summed E-state index contributed by atoms with van der Waals surface area (Å²) in [6, 6.07) is 0. The third kappa shape index (κ3) is 15.3. The highest BCUT2D eigenvalue weighted by Gasteiger charge is 2.08. The molecular formula is C18H38N4. The molecule has 0 bridgehead atoms. The standard InChI is InChI=1S/C18H38N4/c1-15(21-17(3,4)5)19-13-11-9-10-12-14-20-16(2)22-18(6,7)8/h9-14H2,1-8H3,(H,19,21)(H,20,22). The lowest BCUT2D eigenvalue weighted by molar-refractivity contribution is 0.509. The zero-order valence-corrected chi connectivity index (χ0v) is 16.1. The van der Waals surface area contributed by atoms with E-state index in [0.717, 1.165) is 31.2 Å². The van der Waals surface area contributed by atoms with Crippen LogP contribution in [0.25, 0.3) is 0 Å². The maximum atomic E-state index is 4.59. The second-order valence-corrected chi connectivity index (χ2v) is 8.05. The van der Waals surface area contributed by atoms with Gasteiger partial charge in [0.05, 0.1) is 17.2 Å². The van der Waals surface area contributed by atoms with Crippen LogP contribution in [-0.4, -0.2) is 35.8 Å². The van der Waals surface area contributed by atoms with E-state index in [1.54, 1.807) is 0 Å². The zero-order valence-electron chi connectivity index (χ0n) is 16.1. The molecule has 0 fully saturated rings. The quantitative estimate of drug-likeness (QED) is 0.421. The summed E-state index contributed by atoms with van der Waals surface area (Å²) in [7, 11) is 0. The Hall–Kier alpha value is -1.06. The number of hydrogen-bond donors (Lipinski definition) is 2. The van der Waals surface area contributed by atoms with Crippen molar-refractivity contribution in [1.29, 1.82) is 0 Å². The maximum Gasteiger partial charge on any atom is 0.0938 e. The summed E-state index contributed by atoms with van der Waals surface area (Å²) in [6.45, 7) is 18.9. The van der Waals surface area contributed by atoms with Crippen LogP contribution in [0.2, 0.25) is 0 Å². The summed E-state index contributed by atoms with van der Waals surface area (Å²) in [5.41, 5.74) is 0.111. The summed E-state index contributed by atoms with van der Waals surface area (Å²) >= 11 is 0. The predicted octanol–water partition coefficient (Wildman–Crippen LogP) is 4.16. The molecule has 0 spiro atoms. The molecule has 0 aromatic rings. The fraction of sp³-hybridized carbons (Fsp3) is 0.889. The Morgan fingerprint density at radius 2 is 1.41 bits per heavy atom. The minimum absolute atomic E-state index is 0.00797. The van der Waals surface area contributed by atoms with Crippen LogP contribution in [-0.2, 0) is 0 Å². The van der Waals surface area contributed by atoms with Crippen molar-refractivity contribution in [3.8, 4) is 0 Å². The topological polar surface area (TPSA) is 48.8 Å². The van der Waals surface area contributed by atoms with E-state index < -0.39 is 0 Å². The highest BCUT2D eigenvalue weighted by atomic mass is 15.0. The van der Waals surface area contributed by atoms with Crippen molar-refractivity contribution in [2.45, 2.75) is 92.2 Å². The number of unbranched alkanes of at least 4 members (excludes halogenated alkanes) is 3. The van der Waals surface area contributed by atoms with Crippen molar-refractivity contribution in [2.75, 3.05) is 13.1 Å². The van der Waals surface area contributed by atoms with Gasteiger partial charge in [-0.2, -0.15) is 0 Å². The number of hydrogen-bond acceptors (Lipinski definition) is 2. The van der Waals surface area contributed by atoms with Crippen LogP contribution in [0.15, 0.2) is 9.98 Å². The minimum Gasteiger partial charge on any atom is -0.374 e. The van der Waals surface area contributed by atoms with Crippen LogP contribution in [0.5, 0.6) is 0 Å². The van der Waals surface area contributed by atoms with Gasteiger partial charge in [0.2, 0.25) is 0 Å².